The number of carbonyl (C=O) groups excluding carboxylic acids is 1. The van der Waals surface area contributed by atoms with E-state index in [0.29, 0.717) is 29.7 Å². The molecule has 0 aliphatic rings. The van der Waals surface area contributed by atoms with Gasteiger partial charge in [-0.25, -0.2) is 4.79 Å². The van der Waals surface area contributed by atoms with Crippen LogP contribution in [0.15, 0.2) is 54.6 Å². The first-order chi connectivity index (χ1) is 10.1. The number of carbonyl (C=O) groups is 1. The second-order valence-electron chi connectivity index (χ2n) is 4.41. The molecule has 0 aliphatic heterocycles. The first-order valence-corrected chi connectivity index (χ1v) is 6.89. The van der Waals surface area contributed by atoms with Crippen molar-refractivity contribution in [1.82, 2.24) is 4.90 Å². The summed E-state index contributed by atoms with van der Waals surface area (Å²) in [5.74, 6) is 1.19. The van der Waals surface area contributed by atoms with E-state index in [1.54, 1.807) is 31.3 Å². The second-order valence-corrected chi connectivity index (χ2v) is 4.84. The molecule has 0 aromatic heterocycles. The van der Waals surface area contributed by atoms with Crippen LogP contribution in [0.5, 0.6) is 11.5 Å². The van der Waals surface area contributed by atoms with Crippen LogP contribution in [0.25, 0.3) is 0 Å². The van der Waals surface area contributed by atoms with Gasteiger partial charge in [0.2, 0.25) is 0 Å². The number of benzene rings is 2. The van der Waals surface area contributed by atoms with Crippen molar-refractivity contribution in [2.24, 2.45) is 0 Å². The Bertz CT molecular complexity index is 589. The van der Waals surface area contributed by atoms with Gasteiger partial charge in [-0.2, -0.15) is 0 Å². The molecule has 0 unspecified atom stereocenters. The Morgan fingerprint density at radius 2 is 1.81 bits per heavy atom. The van der Waals surface area contributed by atoms with E-state index in [4.69, 9.17) is 21.1 Å². The second kappa shape index (κ2) is 7.55. The van der Waals surface area contributed by atoms with Gasteiger partial charge in [0, 0.05) is 12.1 Å². The normalized spacial score (nSPS) is 10.0. The molecule has 0 saturated carbocycles. The Morgan fingerprint density at radius 1 is 1.10 bits per heavy atom. The predicted molar refractivity (Wildman–Crippen MR) is 82.0 cm³/mol. The molecule has 0 N–H and O–H groups in total. The number of ether oxygens (including phenoxy) is 2. The Kier molecular flexibility index (Phi) is 5.46. The van der Waals surface area contributed by atoms with Crippen molar-refractivity contribution in [3.8, 4) is 11.5 Å². The van der Waals surface area contributed by atoms with Crippen molar-refractivity contribution in [3.05, 3.63) is 59.6 Å². The highest BCUT2D eigenvalue weighted by molar-refractivity contribution is 6.30. The third-order valence-corrected chi connectivity index (χ3v) is 2.99. The molecule has 110 valence electrons. The Balaban J connectivity index is 1.76. The SMILES string of the molecule is CN(CCOc1cccc(Cl)c1)C(=O)Oc1ccccc1. The molecule has 0 saturated heterocycles. The van der Waals surface area contributed by atoms with Crippen LogP contribution in [0.2, 0.25) is 5.02 Å². The predicted octanol–water partition coefficient (Wildman–Crippen LogP) is 3.85. The molecule has 0 atom stereocenters. The molecule has 5 heteroatoms. The number of hydrogen-bond donors (Lipinski definition) is 0. The van der Waals surface area contributed by atoms with Crippen molar-refractivity contribution in [3.63, 3.8) is 0 Å². The third kappa shape index (κ3) is 5.00. The minimum atomic E-state index is -0.420. The number of likely N-dealkylation sites (N-methyl/N-ethyl adjacent to an activating group) is 1. The van der Waals surface area contributed by atoms with E-state index in [9.17, 15) is 4.79 Å². The van der Waals surface area contributed by atoms with Gasteiger partial charge in [-0.3, -0.25) is 0 Å². The fourth-order valence-electron chi connectivity index (χ4n) is 1.62. The monoisotopic (exact) mass is 305 g/mol. The maximum Gasteiger partial charge on any atom is 0.415 e. The highest BCUT2D eigenvalue weighted by Gasteiger charge is 2.10. The molecule has 0 fully saturated rings. The Hall–Kier alpha value is -2.20. The third-order valence-electron chi connectivity index (χ3n) is 2.75. The average Bonchev–Trinajstić information content (AvgIpc) is 2.48. The molecular weight excluding hydrogens is 290 g/mol. The zero-order chi connectivity index (χ0) is 15.1. The standard InChI is InChI=1S/C16H16ClNO3/c1-18(16(19)21-14-7-3-2-4-8-14)10-11-20-15-9-5-6-13(17)12-15/h2-9,12H,10-11H2,1H3. The van der Waals surface area contributed by atoms with E-state index in [1.165, 1.54) is 4.90 Å². The minimum absolute atomic E-state index is 0.362. The van der Waals surface area contributed by atoms with Gasteiger partial charge in [0.1, 0.15) is 18.1 Å². The van der Waals surface area contributed by atoms with E-state index >= 15 is 0 Å². The fraction of sp³-hybridized carbons (Fsp3) is 0.188. The summed E-state index contributed by atoms with van der Waals surface area (Å²) in [4.78, 5) is 13.3. The summed E-state index contributed by atoms with van der Waals surface area (Å²) in [6.07, 6.45) is -0.420. The summed E-state index contributed by atoms with van der Waals surface area (Å²) < 4.78 is 10.7. The van der Waals surface area contributed by atoms with E-state index in [1.807, 2.05) is 30.3 Å². The summed E-state index contributed by atoms with van der Waals surface area (Å²) in [7, 11) is 1.66. The van der Waals surface area contributed by atoms with Gasteiger partial charge < -0.3 is 14.4 Å². The number of hydrogen-bond acceptors (Lipinski definition) is 3. The van der Waals surface area contributed by atoms with Gasteiger partial charge in [0.15, 0.2) is 0 Å². The van der Waals surface area contributed by atoms with E-state index in [2.05, 4.69) is 0 Å². The number of amides is 1. The molecule has 21 heavy (non-hydrogen) atoms. The lowest BCUT2D eigenvalue weighted by Crippen LogP contribution is -2.33. The molecule has 2 rings (SSSR count). The summed E-state index contributed by atoms with van der Waals surface area (Å²) in [5.41, 5.74) is 0. The van der Waals surface area contributed by atoms with Crippen LogP contribution in [0.4, 0.5) is 4.79 Å². The maximum absolute atomic E-state index is 11.8. The molecule has 0 radical (unpaired) electrons. The van der Waals surface area contributed by atoms with Crippen molar-refractivity contribution < 1.29 is 14.3 Å². The van der Waals surface area contributed by atoms with Crippen molar-refractivity contribution in [2.75, 3.05) is 20.2 Å². The number of halogens is 1. The Labute approximate surface area is 128 Å². The van der Waals surface area contributed by atoms with Crippen LogP contribution >= 0.6 is 11.6 Å². The molecule has 1 amide bonds. The van der Waals surface area contributed by atoms with Crippen molar-refractivity contribution >= 4 is 17.7 Å². The minimum Gasteiger partial charge on any atom is -0.492 e. The van der Waals surface area contributed by atoms with Crippen LogP contribution in [-0.4, -0.2) is 31.2 Å². The van der Waals surface area contributed by atoms with Crippen LogP contribution < -0.4 is 9.47 Å². The summed E-state index contributed by atoms with van der Waals surface area (Å²) in [6.45, 7) is 0.777. The average molecular weight is 306 g/mol. The van der Waals surface area contributed by atoms with Crippen molar-refractivity contribution in [2.45, 2.75) is 0 Å². The lowest BCUT2D eigenvalue weighted by molar-refractivity contribution is 0.153. The molecule has 2 aromatic rings. The molecular formula is C16H16ClNO3. The quantitative estimate of drug-likeness (QED) is 0.842. The van der Waals surface area contributed by atoms with Gasteiger partial charge in [-0.15, -0.1) is 0 Å². The van der Waals surface area contributed by atoms with Crippen molar-refractivity contribution in [1.29, 1.82) is 0 Å². The zero-order valence-corrected chi connectivity index (χ0v) is 12.4. The first kappa shape index (κ1) is 15.2. The lowest BCUT2D eigenvalue weighted by atomic mass is 10.3. The first-order valence-electron chi connectivity index (χ1n) is 6.51. The maximum atomic E-state index is 11.8. The number of rotatable bonds is 5. The zero-order valence-electron chi connectivity index (χ0n) is 11.7. The Morgan fingerprint density at radius 3 is 2.52 bits per heavy atom. The van der Waals surface area contributed by atoms with Gasteiger partial charge in [0.25, 0.3) is 0 Å². The van der Waals surface area contributed by atoms with E-state index in [0.717, 1.165) is 0 Å². The molecule has 4 nitrogen and oxygen atoms in total. The van der Waals surface area contributed by atoms with Crippen LogP contribution in [-0.2, 0) is 0 Å². The highest BCUT2D eigenvalue weighted by atomic mass is 35.5. The topological polar surface area (TPSA) is 38.8 Å². The molecule has 0 heterocycles. The van der Waals surface area contributed by atoms with Crippen LogP contribution in [0.1, 0.15) is 0 Å². The highest BCUT2D eigenvalue weighted by Crippen LogP contribution is 2.17. The molecule has 0 spiro atoms. The number of para-hydroxylation sites is 1. The van der Waals surface area contributed by atoms with Gasteiger partial charge in [-0.05, 0) is 30.3 Å². The number of nitrogens with zero attached hydrogens (tertiary/aromatic N) is 1. The molecule has 0 bridgehead atoms. The molecule has 2 aromatic carbocycles. The molecule has 0 aliphatic carbocycles. The van der Waals surface area contributed by atoms with E-state index < -0.39 is 6.09 Å². The van der Waals surface area contributed by atoms with Gasteiger partial charge >= 0.3 is 6.09 Å². The lowest BCUT2D eigenvalue weighted by Gasteiger charge is -2.17. The van der Waals surface area contributed by atoms with Gasteiger partial charge in [-0.1, -0.05) is 35.9 Å². The van der Waals surface area contributed by atoms with E-state index in [-0.39, 0.29) is 0 Å². The summed E-state index contributed by atoms with van der Waals surface area (Å²) in [6, 6.07) is 16.1. The van der Waals surface area contributed by atoms with Gasteiger partial charge in [0.05, 0.1) is 6.54 Å². The van der Waals surface area contributed by atoms with Crippen LogP contribution in [0.3, 0.4) is 0 Å². The van der Waals surface area contributed by atoms with Crippen LogP contribution in [0, 0.1) is 0 Å². The summed E-state index contributed by atoms with van der Waals surface area (Å²) in [5, 5.41) is 0.615. The summed E-state index contributed by atoms with van der Waals surface area (Å²) >= 11 is 5.86. The smallest absolute Gasteiger partial charge is 0.415 e. The largest absolute Gasteiger partial charge is 0.492 e. The fourth-order valence-corrected chi connectivity index (χ4v) is 1.80.